The molecule has 0 bridgehead atoms. The average molecular weight is 202 g/mol. The van der Waals surface area contributed by atoms with Crippen LogP contribution < -0.4 is 5.32 Å². The molecule has 0 radical (unpaired) electrons. The molecule has 0 spiro atoms. The first-order valence-corrected chi connectivity index (χ1v) is 4.02. The number of nitrogens with one attached hydrogen (secondary N) is 1. The van der Waals surface area contributed by atoms with E-state index in [1.165, 1.54) is 6.20 Å². The topological polar surface area (TPSA) is 75.1 Å². The normalized spacial score (nSPS) is 9.69. The molecule has 0 aromatic carbocycles. The van der Waals surface area contributed by atoms with Gasteiger partial charge in [-0.15, -0.1) is 0 Å². The Kier molecular flexibility index (Phi) is 3.02. The second-order valence-corrected chi connectivity index (χ2v) is 2.63. The number of anilines is 1. The van der Waals surface area contributed by atoms with Crippen LogP contribution in [0.1, 0.15) is 17.4 Å². The molecule has 1 rings (SSSR count). The zero-order valence-electron chi connectivity index (χ0n) is 6.91. The minimum atomic E-state index is -1.16. The molecule has 6 heteroatoms. The third-order valence-electron chi connectivity index (χ3n) is 1.28. The Labute approximate surface area is 79.8 Å². The van der Waals surface area contributed by atoms with Crippen LogP contribution in [0.2, 0.25) is 5.02 Å². The van der Waals surface area contributed by atoms with E-state index in [4.69, 9.17) is 16.7 Å². The summed E-state index contributed by atoms with van der Waals surface area (Å²) in [7, 11) is 0. The predicted molar refractivity (Wildman–Crippen MR) is 48.2 cm³/mol. The SMILES string of the molecule is CCNc1ncc(Cl)c(C(=O)O)n1. The molecule has 70 valence electrons. The van der Waals surface area contributed by atoms with Crippen LogP contribution in [0.4, 0.5) is 5.95 Å². The van der Waals surface area contributed by atoms with Gasteiger partial charge < -0.3 is 10.4 Å². The quantitative estimate of drug-likeness (QED) is 0.770. The summed E-state index contributed by atoms with van der Waals surface area (Å²) in [6, 6.07) is 0. The van der Waals surface area contributed by atoms with Crippen molar-refractivity contribution in [2.45, 2.75) is 6.92 Å². The number of aromatic nitrogens is 2. The lowest BCUT2D eigenvalue weighted by molar-refractivity contribution is 0.0690. The van der Waals surface area contributed by atoms with Crippen LogP contribution in [-0.4, -0.2) is 27.6 Å². The third-order valence-corrected chi connectivity index (χ3v) is 1.56. The largest absolute Gasteiger partial charge is 0.476 e. The minimum absolute atomic E-state index is 0.0363. The zero-order valence-corrected chi connectivity index (χ0v) is 7.67. The molecule has 0 unspecified atom stereocenters. The maximum absolute atomic E-state index is 10.6. The summed E-state index contributed by atoms with van der Waals surface area (Å²) < 4.78 is 0. The molecule has 2 N–H and O–H groups in total. The molecule has 13 heavy (non-hydrogen) atoms. The van der Waals surface area contributed by atoms with E-state index in [-0.39, 0.29) is 16.7 Å². The highest BCUT2D eigenvalue weighted by Crippen LogP contribution is 2.13. The molecule has 0 atom stereocenters. The standard InChI is InChI=1S/C7H8ClN3O2/c1-2-9-7-10-3-4(8)5(11-7)6(12)13/h3H,2H2,1H3,(H,12,13)(H,9,10,11). The van der Waals surface area contributed by atoms with Gasteiger partial charge in [0.1, 0.15) is 0 Å². The van der Waals surface area contributed by atoms with Gasteiger partial charge in [-0.05, 0) is 6.92 Å². The number of carbonyl (C=O) groups is 1. The summed E-state index contributed by atoms with van der Waals surface area (Å²) in [5.74, 6) is -0.893. The van der Waals surface area contributed by atoms with Crippen LogP contribution in [0.5, 0.6) is 0 Å². The fourth-order valence-electron chi connectivity index (χ4n) is 0.760. The lowest BCUT2D eigenvalue weighted by Crippen LogP contribution is -2.08. The molecular weight excluding hydrogens is 194 g/mol. The number of rotatable bonds is 3. The molecule has 1 aromatic rings. The maximum atomic E-state index is 10.6. The number of halogens is 1. The van der Waals surface area contributed by atoms with Crippen molar-refractivity contribution in [3.05, 3.63) is 16.9 Å². The van der Waals surface area contributed by atoms with Gasteiger partial charge in [-0.2, -0.15) is 0 Å². The van der Waals surface area contributed by atoms with Crippen LogP contribution in [0.15, 0.2) is 6.20 Å². The van der Waals surface area contributed by atoms with Gasteiger partial charge in [0.05, 0.1) is 11.2 Å². The smallest absolute Gasteiger partial charge is 0.356 e. The molecule has 1 aromatic heterocycles. The van der Waals surface area contributed by atoms with Crippen LogP contribution in [-0.2, 0) is 0 Å². The van der Waals surface area contributed by atoms with Gasteiger partial charge in [0.2, 0.25) is 5.95 Å². The van der Waals surface area contributed by atoms with Crippen LogP contribution in [0, 0.1) is 0 Å². The lowest BCUT2D eigenvalue weighted by atomic mass is 10.4. The Hall–Kier alpha value is -1.36. The van der Waals surface area contributed by atoms with Crippen LogP contribution >= 0.6 is 11.6 Å². The van der Waals surface area contributed by atoms with Gasteiger partial charge in [-0.3, -0.25) is 0 Å². The van der Waals surface area contributed by atoms with Gasteiger partial charge in [0.25, 0.3) is 0 Å². The number of hydrogen-bond donors (Lipinski definition) is 2. The Bertz CT molecular complexity index is 330. The highest BCUT2D eigenvalue weighted by atomic mass is 35.5. The predicted octanol–water partition coefficient (Wildman–Crippen LogP) is 1.26. The molecule has 0 saturated heterocycles. The fourth-order valence-corrected chi connectivity index (χ4v) is 0.932. The van der Waals surface area contributed by atoms with Crippen molar-refractivity contribution in [2.24, 2.45) is 0 Å². The summed E-state index contributed by atoms with van der Waals surface area (Å²) in [6.07, 6.45) is 1.26. The van der Waals surface area contributed by atoms with Crippen molar-refractivity contribution in [3.63, 3.8) is 0 Å². The van der Waals surface area contributed by atoms with Crippen molar-refractivity contribution in [3.8, 4) is 0 Å². The van der Waals surface area contributed by atoms with E-state index in [9.17, 15) is 4.79 Å². The fraction of sp³-hybridized carbons (Fsp3) is 0.286. The summed E-state index contributed by atoms with van der Waals surface area (Å²) >= 11 is 5.56. The lowest BCUT2D eigenvalue weighted by Gasteiger charge is -2.02. The van der Waals surface area contributed by atoms with E-state index in [0.29, 0.717) is 6.54 Å². The monoisotopic (exact) mass is 201 g/mol. The number of carboxylic acid groups (broad SMARTS) is 1. The Balaban J connectivity index is 3.04. The second-order valence-electron chi connectivity index (χ2n) is 2.23. The summed E-state index contributed by atoms with van der Waals surface area (Å²) in [4.78, 5) is 18.1. The molecule has 0 amide bonds. The molecule has 0 fully saturated rings. The van der Waals surface area contributed by atoms with Crippen molar-refractivity contribution < 1.29 is 9.90 Å². The van der Waals surface area contributed by atoms with Crippen molar-refractivity contribution in [1.82, 2.24) is 9.97 Å². The molecule has 0 aliphatic carbocycles. The van der Waals surface area contributed by atoms with Crippen molar-refractivity contribution in [2.75, 3.05) is 11.9 Å². The van der Waals surface area contributed by atoms with Gasteiger partial charge in [0, 0.05) is 6.54 Å². The van der Waals surface area contributed by atoms with Crippen molar-refractivity contribution in [1.29, 1.82) is 0 Å². The molecule has 5 nitrogen and oxygen atoms in total. The summed E-state index contributed by atoms with van der Waals surface area (Å²) in [5, 5.41) is 11.5. The molecule has 0 aliphatic heterocycles. The van der Waals surface area contributed by atoms with Gasteiger partial charge in [-0.25, -0.2) is 14.8 Å². The highest BCUT2D eigenvalue weighted by Gasteiger charge is 2.11. The zero-order chi connectivity index (χ0) is 9.84. The Morgan fingerprint density at radius 3 is 3.00 bits per heavy atom. The van der Waals surface area contributed by atoms with E-state index < -0.39 is 5.97 Å². The number of nitrogens with zero attached hydrogens (tertiary/aromatic N) is 2. The average Bonchev–Trinajstić information content (AvgIpc) is 2.08. The van der Waals surface area contributed by atoms with Crippen molar-refractivity contribution >= 4 is 23.5 Å². The van der Waals surface area contributed by atoms with Crippen LogP contribution in [0.3, 0.4) is 0 Å². The molecule has 0 saturated carbocycles. The van der Waals surface area contributed by atoms with E-state index >= 15 is 0 Å². The number of carboxylic acids is 1. The first-order chi connectivity index (χ1) is 6.15. The first kappa shape index (κ1) is 9.73. The first-order valence-electron chi connectivity index (χ1n) is 3.65. The summed E-state index contributed by atoms with van der Waals surface area (Å²) in [5.41, 5.74) is -0.187. The van der Waals surface area contributed by atoms with E-state index in [0.717, 1.165) is 0 Å². The van der Waals surface area contributed by atoms with E-state index in [2.05, 4.69) is 15.3 Å². The van der Waals surface area contributed by atoms with Gasteiger partial charge in [0.15, 0.2) is 5.69 Å². The van der Waals surface area contributed by atoms with Gasteiger partial charge in [-0.1, -0.05) is 11.6 Å². The van der Waals surface area contributed by atoms with Crippen LogP contribution in [0.25, 0.3) is 0 Å². The third kappa shape index (κ3) is 2.29. The van der Waals surface area contributed by atoms with Gasteiger partial charge >= 0.3 is 5.97 Å². The number of aromatic carboxylic acids is 1. The Morgan fingerprint density at radius 1 is 1.77 bits per heavy atom. The number of hydrogen-bond acceptors (Lipinski definition) is 4. The molecule has 0 aliphatic rings. The second kappa shape index (κ2) is 4.04. The highest BCUT2D eigenvalue weighted by molar-refractivity contribution is 6.33. The van der Waals surface area contributed by atoms with E-state index in [1.54, 1.807) is 0 Å². The van der Waals surface area contributed by atoms with E-state index in [1.807, 2.05) is 6.92 Å². The summed E-state index contributed by atoms with van der Waals surface area (Å²) in [6.45, 7) is 2.49. The maximum Gasteiger partial charge on any atom is 0.356 e. The molecular formula is C7H8ClN3O2. The minimum Gasteiger partial charge on any atom is -0.476 e. The molecule has 1 heterocycles. The Morgan fingerprint density at radius 2 is 2.46 bits per heavy atom.